The second-order valence-electron chi connectivity index (χ2n) is 4.86. The van der Waals surface area contributed by atoms with Crippen LogP contribution in [0.4, 0.5) is 5.82 Å². The molecular weight excluding hydrogens is 357 g/mol. The Hall–Kier alpha value is -2.08. The Kier molecular flexibility index (Phi) is 6.42. The van der Waals surface area contributed by atoms with Crippen LogP contribution in [0.1, 0.15) is 6.23 Å². The SMILES string of the molecule is C=CO[PH](=O)O.Nc1ncnc2c1ncn2[C@@H]1O[C@H](CO)[C@@H](O)[C@H]1O. The van der Waals surface area contributed by atoms with Crippen molar-refractivity contribution in [3.63, 3.8) is 0 Å². The molecule has 3 heterocycles. The van der Waals surface area contributed by atoms with Crippen molar-refractivity contribution in [3.8, 4) is 0 Å². The van der Waals surface area contributed by atoms with E-state index in [0.29, 0.717) is 11.2 Å². The molecule has 138 valence electrons. The van der Waals surface area contributed by atoms with Gasteiger partial charge in [-0.05, 0) is 0 Å². The first-order chi connectivity index (χ1) is 11.9. The molecule has 1 aliphatic rings. The molecule has 0 amide bonds. The van der Waals surface area contributed by atoms with Gasteiger partial charge in [0.1, 0.15) is 30.2 Å². The first kappa shape index (κ1) is 19.2. The predicted octanol–water partition coefficient (Wildman–Crippen LogP) is -1.45. The second kappa shape index (κ2) is 8.34. The number of ether oxygens (including phenoxy) is 1. The van der Waals surface area contributed by atoms with E-state index >= 15 is 0 Å². The van der Waals surface area contributed by atoms with Crippen molar-refractivity contribution in [1.29, 1.82) is 0 Å². The minimum atomic E-state index is -2.75. The molecule has 1 saturated heterocycles. The lowest BCUT2D eigenvalue weighted by Crippen LogP contribution is -2.33. The normalized spacial score (nSPS) is 26.7. The molecule has 2 aromatic heterocycles. The highest BCUT2D eigenvalue weighted by atomic mass is 31.1. The lowest BCUT2D eigenvalue weighted by molar-refractivity contribution is -0.0511. The van der Waals surface area contributed by atoms with Gasteiger partial charge in [0, 0.05) is 0 Å². The maximum atomic E-state index is 9.95. The van der Waals surface area contributed by atoms with Gasteiger partial charge in [-0.3, -0.25) is 4.57 Å². The molecule has 0 spiro atoms. The maximum Gasteiger partial charge on any atom is 0.364 e. The van der Waals surface area contributed by atoms with Crippen LogP contribution in [0, 0.1) is 0 Å². The smallest absolute Gasteiger partial charge is 0.364 e. The van der Waals surface area contributed by atoms with Crippen molar-refractivity contribution in [2.45, 2.75) is 24.5 Å². The second-order valence-corrected chi connectivity index (χ2v) is 5.63. The Morgan fingerprint density at radius 1 is 1.40 bits per heavy atom. The Bertz CT molecular complexity index is 757. The van der Waals surface area contributed by atoms with Crippen molar-refractivity contribution in [3.05, 3.63) is 25.5 Å². The molecule has 5 atom stereocenters. The molecule has 1 unspecified atom stereocenters. The van der Waals surface area contributed by atoms with E-state index in [-0.39, 0.29) is 5.82 Å². The molecule has 1 aliphatic heterocycles. The van der Waals surface area contributed by atoms with Crippen molar-refractivity contribution in [1.82, 2.24) is 19.5 Å². The largest absolute Gasteiger partial charge is 0.435 e. The van der Waals surface area contributed by atoms with E-state index in [1.165, 1.54) is 17.2 Å². The molecule has 2 aromatic rings. The maximum absolute atomic E-state index is 9.95. The van der Waals surface area contributed by atoms with E-state index in [1.807, 2.05) is 0 Å². The van der Waals surface area contributed by atoms with Crippen molar-refractivity contribution < 1.29 is 34.0 Å². The Balaban J connectivity index is 0.000000326. The van der Waals surface area contributed by atoms with E-state index in [9.17, 15) is 14.8 Å². The zero-order chi connectivity index (χ0) is 18.6. The van der Waals surface area contributed by atoms with E-state index in [2.05, 4.69) is 26.1 Å². The summed E-state index contributed by atoms with van der Waals surface area (Å²) in [5, 5.41) is 28.7. The number of aliphatic hydroxyl groups excluding tert-OH is 3. The molecule has 0 bridgehead atoms. The molecule has 0 aliphatic carbocycles. The summed E-state index contributed by atoms with van der Waals surface area (Å²) in [4.78, 5) is 19.7. The van der Waals surface area contributed by atoms with Crippen LogP contribution in [0.5, 0.6) is 0 Å². The average molecular weight is 375 g/mol. The van der Waals surface area contributed by atoms with Crippen LogP contribution in [0.25, 0.3) is 11.2 Å². The van der Waals surface area contributed by atoms with Crippen molar-refractivity contribution in [2.75, 3.05) is 12.3 Å². The summed E-state index contributed by atoms with van der Waals surface area (Å²) in [6.45, 7) is 2.65. The fraction of sp³-hybridized carbons (Fsp3) is 0.417. The van der Waals surface area contributed by atoms with Crippen LogP contribution in [0.3, 0.4) is 0 Å². The molecule has 1 fully saturated rings. The molecule has 25 heavy (non-hydrogen) atoms. The minimum Gasteiger partial charge on any atom is -0.435 e. The van der Waals surface area contributed by atoms with E-state index in [0.717, 1.165) is 6.26 Å². The molecule has 6 N–H and O–H groups in total. The quantitative estimate of drug-likeness (QED) is 0.311. The number of fused-ring (bicyclic) bond motifs is 1. The van der Waals surface area contributed by atoms with Gasteiger partial charge in [-0.1, -0.05) is 6.58 Å². The van der Waals surface area contributed by atoms with Crippen LogP contribution < -0.4 is 5.73 Å². The van der Waals surface area contributed by atoms with Gasteiger partial charge in [0.15, 0.2) is 17.7 Å². The zero-order valence-corrected chi connectivity index (χ0v) is 13.8. The number of aromatic nitrogens is 4. The number of imidazole rings is 1. The Morgan fingerprint density at radius 3 is 2.64 bits per heavy atom. The van der Waals surface area contributed by atoms with Gasteiger partial charge >= 0.3 is 8.25 Å². The number of nitrogens with two attached hydrogens (primary N) is 1. The summed E-state index contributed by atoms with van der Waals surface area (Å²) < 4.78 is 20.3. The molecule has 0 aromatic carbocycles. The van der Waals surface area contributed by atoms with Gasteiger partial charge in [0.05, 0.1) is 19.2 Å². The number of rotatable bonds is 4. The summed E-state index contributed by atoms with van der Waals surface area (Å²) in [7, 11) is -2.75. The Labute approximate surface area is 142 Å². The minimum absolute atomic E-state index is 0.218. The van der Waals surface area contributed by atoms with Crippen LogP contribution in [0.15, 0.2) is 25.5 Å². The number of nitrogens with zero attached hydrogens (tertiary/aromatic N) is 4. The van der Waals surface area contributed by atoms with Crippen molar-refractivity contribution in [2.24, 2.45) is 0 Å². The lowest BCUT2D eigenvalue weighted by Gasteiger charge is -2.16. The van der Waals surface area contributed by atoms with E-state index < -0.39 is 39.4 Å². The monoisotopic (exact) mass is 375 g/mol. The number of hydrogen-bond donors (Lipinski definition) is 5. The summed E-state index contributed by atoms with van der Waals surface area (Å²) in [5.74, 6) is 0.218. The zero-order valence-electron chi connectivity index (χ0n) is 12.8. The van der Waals surface area contributed by atoms with Crippen LogP contribution in [-0.4, -0.2) is 64.7 Å². The van der Waals surface area contributed by atoms with E-state index in [4.69, 9.17) is 20.5 Å². The third-order valence-corrected chi connectivity index (χ3v) is 3.73. The first-order valence-electron chi connectivity index (χ1n) is 6.96. The van der Waals surface area contributed by atoms with Gasteiger partial charge in [-0.2, -0.15) is 0 Å². The molecule has 0 radical (unpaired) electrons. The highest BCUT2D eigenvalue weighted by Gasteiger charge is 2.43. The predicted molar refractivity (Wildman–Crippen MR) is 85.2 cm³/mol. The standard InChI is InChI=1S/C10H13N5O4.C2H5O3P/c11-8-5-9(13-2-12-8)15(3-14-5)10-7(18)6(17)4(1-16)19-10;1-2-5-6(3)4/h2-4,6-7,10,16-18H,1H2,(H2,11,12,13);2,6H,1H2,(H,3,4)/t4-,6-,7-,10-;/m1./s1. The lowest BCUT2D eigenvalue weighted by atomic mass is 10.1. The van der Waals surface area contributed by atoms with Gasteiger partial charge < -0.3 is 35.2 Å². The molecule has 0 saturated carbocycles. The molecule has 3 rings (SSSR count). The molecule has 13 heteroatoms. The first-order valence-corrected chi connectivity index (χ1v) is 8.23. The summed E-state index contributed by atoms with van der Waals surface area (Å²) in [5.41, 5.74) is 6.44. The number of nitrogen functional groups attached to an aromatic ring is 1. The van der Waals surface area contributed by atoms with Crippen LogP contribution in [-0.2, 0) is 13.8 Å². The summed E-state index contributed by atoms with van der Waals surface area (Å²) >= 11 is 0. The summed E-state index contributed by atoms with van der Waals surface area (Å²) in [6.07, 6.45) is -0.491. The average Bonchev–Trinajstić information content (AvgIpc) is 3.11. The number of hydrogen-bond acceptors (Lipinski definition) is 10. The Morgan fingerprint density at radius 2 is 2.12 bits per heavy atom. The van der Waals surface area contributed by atoms with Gasteiger partial charge in [-0.15, -0.1) is 0 Å². The highest BCUT2D eigenvalue weighted by Crippen LogP contribution is 2.31. The van der Waals surface area contributed by atoms with Gasteiger partial charge in [0.2, 0.25) is 0 Å². The third kappa shape index (κ3) is 4.12. The van der Waals surface area contributed by atoms with Gasteiger partial charge in [-0.25, -0.2) is 19.5 Å². The topological polar surface area (TPSA) is 186 Å². The molecule has 12 nitrogen and oxygen atoms in total. The summed E-state index contributed by atoms with van der Waals surface area (Å²) in [6, 6.07) is 0. The van der Waals surface area contributed by atoms with E-state index in [1.54, 1.807) is 0 Å². The van der Waals surface area contributed by atoms with Gasteiger partial charge in [0.25, 0.3) is 0 Å². The van der Waals surface area contributed by atoms with Crippen LogP contribution >= 0.6 is 8.25 Å². The van der Waals surface area contributed by atoms with Crippen LogP contribution in [0.2, 0.25) is 0 Å². The fourth-order valence-electron chi connectivity index (χ4n) is 2.24. The molecular formula is C12H18N5O7P. The number of anilines is 1. The fourth-order valence-corrected chi connectivity index (χ4v) is 2.38. The highest BCUT2D eigenvalue weighted by molar-refractivity contribution is 7.32. The third-order valence-electron chi connectivity index (χ3n) is 3.36. The number of aliphatic hydroxyl groups is 3. The van der Waals surface area contributed by atoms with Crippen molar-refractivity contribution >= 4 is 25.2 Å².